The minimum atomic E-state index is -0.125. The number of aliphatic hydroxyl groups is 1. The van der Waals surface area contributed by atoms with Crippen LogP contribution in [0, 0.1) is 11.8 Å². The summed E-state index contributed by atoms with van der Waals surface area (Å²) in [6.07, 6.45) is 4.07. The third-order valence-electron chi connectivity index (χ3n) is 1.92. The molecule has 0 aliphatic heterocycles. The van der Waals surface area contributed by atoms with Crippen LogP contribution in [0.5, 0.6) is 0 Å². The zero-order chi connectivity index (χ0) is 6.85. The molecule has 0 aromatic rings. The second-order valence-electron chi connectivity index (χ2n) is 2.98. The van der Waals surface area contributed by atoms with E-state index >= 15 is 0 Å². The second-order valence-corrected chi connectivity index (χ2v) is 2.98. The molecule has 1 aliphatic carbocycles. The van der Waals surface area contributed by atoms with Crippen LogP contribution >= 0.6 is 0 Å². The van der Waals surface area contributed by atoms with Crippen molar-refractivity contribution in [2.24, 2.45) is 11.8 Å². The van der Waals surface area contributed by atoms with Gasteiger partial charge in [0.2, 0.25) is 0 Å². The summed E-state index contributed by atoms with van der Waals surface area (Å²) in [4.78, 5) is 0. The zero-order valence-electron chi connectivity index (χ0n) is 5.88. The van der Waals surface area contributed by atoms with E-state index in [1.807, 2.05) is 13.0 Å². The van der Waals surface area contributed by atoms with Gasteiger partial charge in [0, 0.05) is 0 Å². The average molecular weight is 126 g/mol. The molecule has 1 heteroatoms. The molecule has 0 bridgehead atoms. The van der Waals surface area contributed by atoms with Gasteiger partial charge in [-0.25, -0.2) is 0 Å². The Bertz CT molecular complexity index is 107. The van der Waals surface area contributed by atoms with Crippen molar-refractivity contribution in [3.63, 3.8) is 0 Å². The van der Waals surface area contributed by atoms with E-state index in [9.17, 15) is 0 Å². The molecule has 0 spiro atoms. The van der Waals surface area contributed by atoms with E-state index in [2.05, 4.69) is 6.58 Å². The number of allylic oxidation sites excluding steroid dienone is 1. The Balaban J connectivity index is 2.12. The van der Waals surface area contributed by atoms with Crippen molar-refractivity contribution in [1.29, 1.82) is 0 Å². The molecule has 1 nitrogen and oxygen atoms in total. The molecule has 0 heterocycles. The minimum Gasteiger partial charge on any atom is -0.393 e. The predicted molar refractivity (Wildman–Crippen MR) is 38.1 cm³/mol. The van der Waals surface area contributed by atoms with Crippen LogP contribution in [0.4, 0.5) is 0 Å². The van der Waals surface area contributed by atoms with Crippen LogP contribution in [0.3, 0.4) is 0 Å². The average Bonchev–Trinajstić information content (AvgIpc) is 2.45. The first-order valence-corrected chi connectivity index (χ1v) is 3.54. The van der Waals surface area contributed by atoms with E-state index in [0.29, 0.717) is 5.92 Å². The fraction of sp³-hybridized carbons (Fsp3) is 0.750. The summed E-state index contributed by atoms with van der Waals surface area (Å²) in [6.45, 7) is 5.54. The van der Waals surface area contributed by atoms with Gasteiger partial charge >= 0.3 is 0 Å². The molecule has 0 aromatic carbocycles. The van der Waals surface area contributed by atoms with Crippen LogP contribution in [-0.2, 0) is 0 Å². The van der Waals surface area contributed by atoms with Gasteiger partial charge in [-0.3, -0.25) is 0 Å². The third-order valence-corrected chi connectivity index (χ3v) is 1.92. The molecule has 0 aromatic heterocycles. The number of hydrogen-bond acceptors (Lipinski definition) is 1. The number of hydrogen-bond donors (Lipinski definition) is 1. The van der Waals surface area contributed by atoms with E-state index < -0.39 is 0 Å². The van der Waals surface area contributed by atoms with Crippen molar-refractivity contribution >= 4 is 0 Å². The highest BCUT2D eigenvalue weighted by atomic mass is 16.3. The van der Waals surface area contributed by atoms with Crippen molar-refractivity contribution in [1.82, 2.24) is 0 Å². The second kappa shape index (κ2) is 2.53. The first-order valence-electron chi connectivity index (χ1n) is 3.54. The summed E-state index contributed by atoms with van der Waals surface area (Å²) in [5, 5.41) is 8.94. The maximum absolute atomic E-state index is 8.94. The highest BCUT2D eigenvalue weighted by molar-refractivity contribution is 4.98. The molecule has 0 amide bonds. The lowest BCUT2D eigenvalue weighted by molar-refractivity contribution is 0.176. The Labute approximate surface area is 56.4 Å². The molecule has 1 rings (SSSR count). The summed E-state index contributed by atoms with van der Waals surface area (Å²) < 4.78 is 0. The third kappa shape index (κ3) is 1.83. The van der Waals surface area contributed by atoms with Crippen molar-refractivity contribution in [3.05, 3.63) is 12.7 Å². The topological polar surface area (TPSA) is 20.2 Å². The molecule has 1 saturated carbocycles. The summed E-state index contributed by atoms with van der Waals surface area (Å²) in [5.41, 5.74) is 0. The van der Waals surface area contributed by atoms with Crippen LogP contribution in [0.2, 0.25) is 0 Å². The molecule has 3 atom stereocenters. The van der Waals surface area contributed by atoms with Crippen LogP contribution in [-0.4, -0.2) is 11.2 Å². The van der Waals surface area contributed by atoms with Gasteiger partial charge in [0.15, 0.2) is 0 Å². The molecule has 1 aliphatic rings. The quantitative estimate of drug-likeness (QED) is 0.569. The summed E-state index contributed by atoms with van der Waals surface area (Å²) in [7, 11) is 0. The largest absolute Gasteiger partial charge is 0.393 e. The van der Waals surface area contributed by atoms with E-state index in [1.165, 1.54) is 6.42 Å². The summed E-state index contributed by atoms with van der Waals surface area (Å²) in [6, 6.07) is 0. The van der Waals surface area contributed by atoms with Crippen LogP contribution in [0.1, 0.15) is 19.8 Å². The molecular formula is C8H14O. The zero-order valence-corrected chi connectivity index (χ0v) is 5.88. The normalized spacial score (nSPS) is 35.8. The number of aliphatic hydroxyl groups excluding tert-OH is 1. The Morgan fingerprint density at radius 2 is 2.56 bits per heavy atom. The van der Waals surface area contributed by atoms with Crippen LogP contribution in [0.25, 0.3) is 0 Å². The van der Waals surface area contributed by atoms with Gasteiger partial charge in [0.25, 0.3) is 0 Å². The van der Waals surface area contributed by atoms with Crippen LogP contribution in [0.15, 0.2) is 12.7 Å². The predicted octanol–water partition coefficient (Wildman–Crippen LogP) is 1.58. The van der Waals surface area contributed by atoms with Crippen molar-refractivity contribution in [2.45, 2.75) is 25.9 Å². The van der Waals surface area contributed by atoms with Gasteiger partial charge in [-0.2, -0.15) is 0 Å². The molecule has 1 N–H and O–H groups in total. The lowest BCUT2D eigenvalue weighted by Gasteiger charge is -1.99. The summed E-state index contributed by atoms with van der Waals surface area (Å²) in [5.74, 6) is 1.45. The highest BCUT2D eigenvalue weighted by Gasteiger charge is 2.34. The molecular weight excluding hydrogens is 112 g/mol. The lowest BCUT2D eigenvalue weighted by atomic mass is 10.2. The fourth-order valence-corrected chi connectivity index (χ4v) is 1.27. The fourth-order valence-electron chi connectivity index (χ4n) is 1.27. The first-order chi connectivity index (χ1) is 4.24. The lowest BCUT2D eigenvalue weighted by Crippen LogP contribution is -2.00. The van der Waals surface area contributed by atoms with E-state index in [-0.39, 0.29) is 6.10 Å². The first kappa shape index (κ1) is 6.81. The van der Waals surface area contributed by atoms with E-state index in [4.69, 9.17) is 5.11 Å². The Morgan fingerprint density at radius 3 is 2.89 bits per heavy atom. The monoisotopic (exact) mass is 126 g/mol. The van der Waals surface area contributed by atoms with Gasteiger partial charge in [-0.05, 0) is 31.6 Å². The molecule has 0 radical (unpaired) electrons. The molecule has 0 unspecified atom stereocenters. The van der Waals surface area contributed by atoms with Crippen molar-refractivity contribution in [3.8, 4) is 0 Å². The number of rotatable bonds is 3. The standard InChI is InChI=1S/C8H14O/c1-3-7-5-8(7)4-6(2)9/h3,6-9H,1,4-5H2,2H3/t6-,7-,8-/m0/s1. The van der Waals surface area contributed by atoms with Crippen LogP contribution < -0.4 is 0 Å². The van der Waals surface area contributed by atoms with Gasteiger partial charge in [0.05, 0.1) is 6.10 Å². The molecule has 1 fully saturated rings. The maximum atomic E-state index is 8.94. The van der Waals surface area contributed by atoms with E-state index in [0.717, 1.165) is 12.3 Å². The maximum Gasteiger partial charge on any atom is 0.0515 e. The minimum absolute atomic E-state index is 0.125. The van der Waals surface area contributed by atoms with Crippen molar-refractivity contribution in [2.75, 3.05) is 0 Å². The molecule has 9 heavy (non-hydrogen) atoms. The Hall–Kier alpha value is -0.300. The van der Waals surface area contributed by atoms with Gasteiger partial charge in [-0.1, -0.05) is 6.08 Å². The highest BCUT2D eigenvalue weighted by Crippen LogP contribution is 2.42. The molecule has 0 saturated heterocycles. The molecule has 52 valence electrons. The smallest absolute Gasteiger partial charge is 0.0515 e. The summed E-state index contributed by atoms with van der Waals surface area (Å²) >= 11 is 0. The van der Waals surface area contributed by atoms with Gasteiger partial charge < -0.3 is 5.11 Å². The van der Waals surface area contributed by atoms with E-state index in [1.54, 1.807) is 0 Å². The Kier molecular flexibility index (Phi) is 1.91. The van der Waals surface area contributed by atoms with Crippen molar-refractivity contribution < 1.29 is 5.11 Å². The van der Waals surface area contributed by atoms with Gasteiger partial charge in [-0.15, -0.1) is 6.58 Å². The Morgan fingerprint density at radius 1 is 1.89 bits per heavy atom. The van der Waals surface area contributed by atoms with Gasteiger partial charge in [0.1, 0.15) is 0 Å². The SMILES string of the molecule is C=C[C@H]1C[C@@H]1C[C@H](C)O.